The van der Waals surface area contributed by atoms with Crippen molar-refractivity contribution in [2.75, 3.05) is 0 Å². The summed E-state index contributed by atoms with van der Waals surface area (Å²) in [6, 6.07) is 0. The molecule has 0 fully saturated rings. The van der Waals surface area contributed by atoms with E-state index >= 15 is 0 Å². The van der Waals surface area contributed by atoms with Crippen LogP contribution in [-0.2, 0) is 9.59 Å². The minimum atomic E-state index is -0.424. The van der Waals surface area contributed by atoms with Crippen LogP contribution in [0.5, 0.6) is 0 Å². The van der Waals surface area contributed by atoms with Crippen molar-refractivity contribution in [1.82, 2.24) is 10.6 Å². The largest absolute Gasteiger partial charge is 0.367 e. The maximum Gasteiger partial charge on any atom is 0.250 e. The fourth-order valence-electron chi connectivity index (χ4n) is 1.22. The van der Waals surface area contributed by atoms with E-state index < -0.39 is 11.8 Å². The van der Waals surface area contributed by atoms with E-state index in [0.29, 0.717) is 11.1 Å². The second kappa shape index (κ2) is 12.3. The second-order valence-corrected chi connectivity index (χ2v) is 3.70. The number of halogens is 2. The van der Waals surface area contributed by atoms with Gasteiger partial charge in [0.05, 0.1) is 11.1 Å². The number of nitrogens with two attached hydrogens (primary N) is 2. The van der Waals surface area contributed by atoms with Gasteiger partial charge in [0.1, 0.15) is 0 Å². The van der Waals surface area contributed by atoms with E-state index in [9.17, 15) is 9.59 Å². The first-order chi connectivity index (χ1) is 9.61. The highest BCUT2D eigenvalue weighted by Gasteiger charge is 1.99. The van der Waals surface area contributed by atoms with Gasteiger partial charge in [-0.2, -0.15) is 0 Å². The fraction of sp³-hybridized carbons (Fsp3) is 0. The quantitative estimate of drug-likeness (QED) is 0.596. The Morgan fingerprint density at radius 3 is 1.41 bits per heavy atom. The molecule has 0 aromatic rings. The third-order valence-electron chi connectivity index (χ3n) is 2.21. The lowest BCUT2D eigenvalue weighted by molar-refractivity contribution is -0.115. The number of primary amides is 2. The molecule has 2 amide bonds. The lowest BCUT2D eigenvalue weighted by atomic mass is 10.2. The third-order valence-corrected chi connectivity index (χ3v) is 2.21. The molecule has 0 spiro atoms. The predicted molar refractivity (Wildman–Crippen MR) is 91.9 cm³/mol. The molecule has 6 nitrogen and oxygen atoms in total. The van der Waals surface area contributed by atoms with Crippen LogP contribution in [-0.4, -0.2) is 11.8 Å². The van der Waals surface area contributed by atoms with Gasteiger partial charge in [-0.15, -0.1) is 24.8 Å². The summed E-state index contributed by atoms with van der Waals surface area (Å²) in [6.07, 6.45) is 16.9. The van der Waals surface area contributed by atoms with Crippen molar-refractivity contribution < 1.29 is 9.59 Å². The van der Waals surface area contributed by atoms with Gasteiger partial charge >= 0.3 is 0 Å². The predicted octanol–water partition coefficient (Wildman–Crippen LogP) is 0.901. The zero-order valence-corrected chi connectivity index (χ0v) is 13.2. The van der Waals surface area contributed by atoms with E-state index in [1.54, 1.807) is 61.3 Å². The van der Waals surface area contributed by atoms with Crippen LogP contribution >= 0.6 is 24.8 Å². The molecule has 0 unspecified atom stereocenters. The molecule has 2 aliphatic rings. The van der Waals surface area contributed by atoms with Crippen LogP contribution in [0.15, 0.2) is 72.4 Å². The van der Waals surface area contributed by atoms with E-state index in [1.165, 1.54) is 0 Å². The Kier molecular flexibility index (Phi) is 12.2. The molecule has 0 radical (unpaired) electrons. The molecule has 2 rings (SSSR count). The molecular formula is C14H18Cl2N4O2. The summed E-state index contributed by atoms with van der Waals surface area (Å²) in [4.78, 5) is 21.1. The van der Waals surface area contributed by atoms with Crippen molar-refractivity contribution in [2.24, 2.45) is 11.5 Å². The normalized spacial score (nSPS) is 14.0. The number of carbonyl (C=O) groups is 2. The Morgan fingerprint density at radius 1 is 0.727 bits per heavy atom. The van der Waals surface area contributed by atoms with E-state index in [4.69, 9.17) is 11.5 Å². The van der Waals surface area contributed by atoms with Crippen molar-refractivity contribution in [3.8, 4) is 0 Å². The molecule has 2 aliphatic heterocycles. The Labute approximate surface area is 141 Å². The zero-order chi connectivity index (χ0) is 14.8. The second-order valence-electron chi connectivity index (χ2n) is 3.70. The van der Waals surface area contributed by atoms with Crippen LogP contribution < -0.4 is 22.1 Å². The van der Waals surface area contributed by atoms with Crippen molar-refractivity contribution in [3.05, 3.63) is 72.4 Å². The number of hydrogen-bond acceptors (Lipinski definition) is 4. The van der Waals surface area contributed by atoms with Gasteiger partial charge in [0.15, 0.2) is 0 Å². The summed E-state index contributed by atoms with van der Waals surface area (Å²) in [5, 5.41) is 5.55. The first-order valence-electron chi connectivity index (χ1n) is 5.79. The Balaban J connectivity index is 0. The summed E-state index contributed by atoms with van der Waals surface area (Å²) in [5.41, 5.74) is 11.0. The van der Waals surface area contributed by atoms with Gasteiger partial charge in [-0.3, -0.25) is 9.59 Å². The van der Waals surface area contributed by atoms with Gasteiger partial charge in [-0.25, -0.2) is 0 Å². The molecule has 0 aromatic heterocycles. The van der Waals surface area contributed by atoms with Crippen LogP contribution in [0.2, 0.25) is 0 Å². The zero-order valence-electron chi connectivity index (χ0n) is 11.6. The monoisotopic (exact) mass is 344 g/mol. The molecule has 0 saturated heterocycles. The highest BCUT2D eigenvalue weighted by Crippen LogP contribution is 1.97. The number of allylic oxidation sites excluding steroid dienone is 4. The standard InChI is InChI=1S/2C7H8N2O.2ClH/c2*8-7(10)6-3-1-2-4-9-5-6;;/h2*1-5,9H,(H2,8,10);2*1H. The molecule has 120 valence electrons. The average Bonchev–Trinajstić information content (AvgIpc) is 2.84. The number of amides is 2. The Hall–Kier alpha value is -2.44. The molecule has 0 bridgehead atoms. The van der Waals surface area contributed by atoms with Gasteiger partial charge in [0, 0.05) is 24.8 Å². The SMILES string of the molecule is Cl.Cl.NC(=O)C1=CNC=CC=C1.NC(=O)C1=CNC=CC=C1. The molecule has 0 atom stereocenters. The smallest absolute Gasteiger partial charge is 0.250 e. The molecule has 22 heavy (non-hydrogen) atoms. The minimum Gasteiger partial charge on any atom is -0.367 e. The number of carbonyl (C=O) groups excluding carboxylic acids is 2. The van der Waals surface area contributed by atoms with Crippen molar-refractivity contribution in [2.45, 2.75) is 0 Å². The van der Waals surface area contributed by atoms with Gasteiger partial charge in [-0.1, -0.05) is 12.2 Å². The molecule has 0 aliphatic carbocycles. The van der Waals surface area contributed by atoms with E-state index in [-0.39, 0.29) is 24.8 Å². The van der Waals surface area contributed by atoms with Crippen molar-refractivity contribution in [3.63, 3.8) is 0 Å². The van der Waals surface area contributed by atoms with Crippen LogP contribution in [0.1, 0.15) is 0 Å². The number of rotatable bonds is 2. The van der Waals surface area contributed by atoms with Gasteiger partial charge in [-0.05, 0) is 24.3 Å². The van der Waals surface area contributed by atoms with E-state index in [2.05, 4.69) is 10.6 Å². The van der Waals surface area contributed by atoms with Gasteiger partial charge in [0.25, 0.3) is 0 Å². The third kappa shape index (κ3) is 8.68. The number of nitrogens with one attached hydrogen (secondary N) is 2. The lowest BCUT2D eigenvalue weighted by Gasteiger charge is -1.92. The maximum absolute atomic E-state index is 10.5. The first kappa shape index (κ1) is 21.9. The molecule has 0 aromatic carbocycles. The molecule has 6 N–H and O–H groups in total. The van der Waals surface area contributed by atoms with Crippen LogP contribution in [0, 0.1) is 0 Å². The summed E-state index contributed by atoms with van der Waals surface area (Å²) < 4.78 is 0. The summed E-state index contributed by atoms with van der Waals surface area (Å²) in [7, 11) is 0. The van der Waals surface area contributed by atoms with Gasteiger partial charge < -0.3 is 22.1 Å². The van der Waals surface area contributed by atoms with E-state index in [0.717, 1.165) is 0 Å². The minimum absolute atomic E-state index is 0. The maximum atomic E-state index is 10.5. The highest BCUT2D eigenvalue weighted by atomic mass is 35.5. The Morgan fingerprint density at radius 2 is 1.09 bits per heavy atom. The lowest BCUT2D eigenvalue weighted by Crippen LogP contribution is -2.13. The van der Waals surface area contributed by atoms with Crippen LogP contribution in [0.4, 0.5) is 0 Å². The molecule has 2 heterocycles. The van der Waals surface area contributed by atoms with Gasteiger partial charge in [0.2, 0.25) is 11.8 Å². The number of hydrogen-bond donors (Lipinski definition) is 4. The van der Waals surface area contributed by atoms with Crippen molar-refractivity contribution >= 4 is 36.6 Å². The fourth-order valence-corrected chi connectivity index (χ4v) is 1.22. The molecule has 8 heteroatoms. The molecule has 0 saturated carbocycles. The van der Waals surface area contributed by atoms with E-state index in [1.807, 2.05) is 0 Å². The van der Waals surface area contributed by atoms with Crippen LogP contribution in [0.3, 0.4) is 0 Å². The first-order valence-corrected chi connectivity index (χ1v) is 5.79. The topological polar surface area (TPSA) is 110 Å². The van der Waals surface area contributed by atoms with Crippen molar-refractivity contribution in [1.29, 1.82) is 0 Å². The van der Waals surface area contributed by atoms with Crippen LogP contribution in [0.25, 0.3) is 0 Å². The molecular weight excluding hydrogens is 327 g/mol. The summed E-state index contributed by atoms with van der Waals surface area (Å²) in [5.74, 6) is -0.847. The average molecular weight is 345 g/mol. The Bertz CT molecular complexity index is 511. The highest BCUT2D eigenvalue weighted by molar-refractivity contribution is 5.95. The summed E-state index contributed by atoms with van der Waals surface area (Å²) in [6.45, 7) is 0. The summed E-state index contributed by atoms with van der Waals surface area (Å²) >= 11 is 0.